The molecule has 0 aliphatic heterocycles. The van der Waals surface area contributed by atoms with Gasteiger partial charge in [0.1, 0.15) is 5.60 Å². The first-order valence-electron chi connectivity index (χ1n) is 6.17. The molecule has 4 heteroatoms. The van der Waals surface area contributed by atoms with Crippen LogP contribution in [0.5, 0.6) is 0 Å². The Balaban J connectivity index is 3.16. The second-order valence-corrected chi connectivity index (χ2v) is 4.90. The van der Waals surface area contributed by atoms with Crippen molar-refractivity contribution in [1.82, 2.24) is 0 Å². The van der Waals surface area contributed by atoms with E-state index in [-0.39, 0.29) is 0 Å². The summed E-state index contributed by atoms with van der Waals surface area (Å²) in [6.45, 7) is 3.70. The van der Waals surface area contributed by atoms with Gasteiger partial charge in [-0.25, -0.2) is 0 Å². The second-order valence-electron chi connectivity index (χ2n) is 4.46. The molecule has 18 heavy (non-hydrogen) atoms. The van der Waals surface area contributed by atoms with Crippen LogP contribution in [0.1, 0.15) is 38.7 Å². The van der Waals surface area contributed by atoms with Gasteiger partial charge in [-0.05, 0) is 30.5 Å². The third-order valence-electron chi connectivity index (χ3n) is 3.34. The van der Waals surface area contributed by atoms with Crippen LogP contribution in [-0.2, 0) is 10.4 Å². The lowest BCUT2D eigenvalue weighted by Crippen LogP contribution is -2.39. The second kappa shape index (κ2) is 6.21. The Kier molecular flexibility index (Phi) is 5.17. The predicted molar refractivity (Wildman–Crippen MR) is 71.7 cm³/mol. The number of aliphatic carboxylic acids is 1. The Bertz CT molecular complexity index is 402. The van der Waals surface area contributed by atoms with Gasteiger partial charge in [-0.1, -0.05) is 44.0 Å². The number of halogens is 1. The van der Waals surface area contributed by atoms with Crippen molar-refractivity contribution >= 4 is 17.6 Å². The van der Waals surface area contributed by atoms with Gasteiger partial charge in [0.15, 0.2) is 0 Å². The quantitative estimate of drug-likeness (QED) is 0.832. The topological polar surface area (TPSA) is 57.5 Å². The van der Waals surface area contributed by atoms with Gasteiger partial charge in [0, 0.05) is 5.02 Å². The fraction of sp³-hybridized carbons (Fsp3) is 0.500. The lowest BCUT2D eigenvalue weighted by Gasteiger charge is -2.33. The van der Waals surface area contributed by atoms with Crippen LogP contribution in [-0.4, -0.2) is 16.2 Å². The van der Waals surface area contributed by atoms with E-state index in [0.717, 1.165) is 0 Å². The number of benzene rings is 1. The van der Waals surface area contributed by atoms with Gasteiger partial charge >= 0.3 is 5.97 Å². The monoisotopic (exact) mass is 270 g/mol. The van der Waals surface area contributed by atoms with Gasteiger partial charge in [-0.3, -0.25) is 4.79 Å². The molecule has 0 aromatic heterocycles. The Morgan fingerprint density at radius 3 is 2.28 bits per heavy atom. The lowest BCUT2D eigenvalue weighted by atomic mass is 9.77. The molecule has 2 atom stereocenters. The highest BCUT2D eigenvalue weighted by Crippen LogP contribution is 2.36. The van der Waals surface area contributed by atoms with Crippen LogP contribution in [0.2, 0.25) is 5.02 Å². The zero-order valence-electron chi connectivity index (χ0n) is 10.7. The van der Waals surface area contributed by atoms with Crippen LogP contribution in [0, 0.1) is 5.92 Å². The summed E-state index contributed by atoms with van der Waals surface area (Å²) in [5.74, 6) is -1.76. The minimum atomic E-state index is -1.34. The van der Waals surface area contributed by atoms with Gasteiger partial charge in [0.25, 0.3) is 0 Å². The van der Waals surface area contributed by atoms with Gasteiger partial charge < -0.3 is 10.2 Å². The predicted octanol–water partition coefficient (Wildman–Crippen LogP) is 3.44. The average Bonchev–Trinajstić information content (AvgIpc) is 2.35. The molecule has 1 aromatic carbocycles. The molecule has 0 aliphatic rings. The molecule has 100 valence electrons. The molecule has 0 aliphatic carbocycles. The number of hydrogen-bond acceptors (Lipinski definition) is 2. The summed E-state index contributed by atoms with van der Waals surface area (Å²) in [7, 11) is 0. The molecule has 0 heterocycles. The molecular weight excluding hydrogens is 252 g/mol. The van der Waals surface area contributed by atoms with E-state index in [0.29, 0.717) is 29.8 Å². The van der Waals surface area contributed by atoms with Crippen LogP contribution in [0.25, 0.3) is 0 Å². The maximum Gasteiger partial charge on any atom is 0.309 e. The Hall–Kier alpha value is -1.06. The summed E-state index contributed by atoms with van der Waals surface area (Å²) in [5, 5.41) is 20.6. The van der Waals surface area contributed by atoms with Crippen molar-refractivity contribution < 1.29 is 15.0 Å². The maximum absolute atomic E-state index is 11.3. The molecule has 0 spiro atoms. The third kappa shape index (κ3) is 3.03. The first kappa shape index (κ1) is 15.0. The van der Waals surface area contributed by atoms with E-state index in [1.54, 1.807) is 31.2 Å². The summed E-state index contributed by atoms with van der Waals surface area (Å²) in [5.41, 5.74) is -0.734. The molecule has 2 N–H and O–H groups in total. The zero-order valence-corrected chi connectivity index (χ0v) is 11.4. The number of carboxylic acids is 1. The highest BCUT2D eigenvalue weighted by molar-refractivity contribution is 6.30. The van der Waals surface area contributed by atoms with Crippen molar-refractivity contribution in [3.8, 4) is 0 Å². The summed E-state index contributed by atoms with van der Waals surface area (Å²) >= 11 is 5.81. The molecule has 0 radical (unpaired) electrons. The fourth-order valence-corrected chi connectivity index (χ4v) is 2.37. The van der Waals surface area contributed by atoms with Crippen molar-refractivity contribution in [3.63, 3.8) is 0 Å². The minimum absolute atomic E-state index is 0.353. The minimum Gasteiger partial charge on any atom is -0.481 e. The zero-order chi connectivity index (χ0) is 13.8. The number of aliphatic hydroxyl groups is 1. The van der Waals surface area contributed by atoms with Crippen molar-refractivity contribution in [2.24, 2.45) is 5.92 Å². The van der Waals surface area contributed by atoms with E-state index in [2.05, 4.69) is 0 Å². The molecule has 0 bridgehead atoms. The molecule has 1 aromatic rings. The van der Waals surface area contributed by atoms with Crippen LogP contribution < -0.4 is 0 Å². The number of rotatable bonds is 6. The van der Waals surface area contributed by atoms with Crippen LogP contribution in [0.15, 0.2) is 24.3 Å². The third-order valence-corrected chi connectivity index (χ3v) is 3.59. The van der Waals surface area contributed by atoms with E-state index in [9.17, 15) is 15.0 Å². The van der Waals surface area contributed by atoms with Gasteiger partial charge in [-0.15, -0.1) is 0 Å². The highest BCUT2D eigenvalue weighted by Gasteiger charge is 2.40. The lowest BCUT2D eigenvalue weighted by molar-refractivity contribution is -0.154. The molecule has 0 fully saturated rings. The number of hydrogen-bond donors (Lipinski definition) is 2. The van der Waals surface area contributed by atoms with Gasteiger partial charge in [0.05, 0.1) is 5.92 Å². The summed E-state index contributed by atoms with van der Waals surface area (Å²) in [6, 6.07) is 6.72. The van der Waals surface area contributed by atoms with E-state index >= 15 is 0 Å². The molecule has 3 nitrogen and oxygen atoms in total. The van der Waals surface area contributed by atoms with E-state index in [1.165, 1.54) is 0 Å². The summed E-state index contributed by atoms with van der Waals surface area (Å²) in [4.78, 5) is 11.3. The Labute approximate surface area is 112 Å². The highest BCUT2D eigenvalue weighted by atomic mass is 35.5. The molecule has 0 saturated heterocycles. The Morgan fingerprint density at radius 2 is 1.89 bits per heavy atom. The normalized spacial score (nSPS) is 16.0. The van der Waals surface area contributed by atoms with Crippen LogP contribution in [0.3, 0.4) is 0 Å². The number of carboxylic acid groups (broad SMARTS) is 1. The van der Waals surface area contributed by atoms with Crippen LogP contribution in [0.4, 0.5) is 0 Å². The summed E-state index contributed by atoms with van der Waals surface area (Å²) in [6.07, 6.45) is 1.51. The largest absolute Gasteiger partial charge is 0.481 e. The van der Waals surface area contributed by atoms with Crippen LogP contribution >= 0.6 is 11.6 Å². The molecule has 0 saturated carbocycles. The van der Waals surface area contributed by atoms with Crippen molar-refractivity contribution in [1.29, 1.82) is 0 Å². The van der Waals surface area contributed by atoms with Gasteiger partial charge in [-0.2, -0.15) is 0 Å². The van der Waals surface area contributed by atoms with E-state index in [1.807, 2.05) is 6.92 Å². The fourth-order valence-electron chi connectivity index (χ4n) is 2.25. The smallest absolute Gasteiger partial charge is 0.309 e. The van der Waals surface area contributed by atoms with Crippen molar-refractivity contribution in [2.45, 2.75) is 38.7 Å². The molecular formula is C14H19ClO3. The van der Waals surface area contributed by atoms with Crippen molar-refractivity contribution in [3.05, 3.63) is 34.9 Å². The first-order chi connectivity index (χ1) is 8.45. The standard InChI is InChI=1S/C14H19ClO3/c1-3-5-12(13(16)17)14(18,4-2)10-6-8-11(15)9-7-10/h6-9,12,18H,3-5H2,1-2H3,(H,16,17). The Morgan fingerprint density at radius 1 is 1.33 bits per heavy atom. The molecule has 1 rings (SSSR count). The molecule has 0 amide bonds. The maximum atomic E-state index is 11.3. The van der Waals surface area contributed by atoms with E-state index < -0.39 is 17.5 Å². The molecule has 2 unspecified atom stereocenters. The summed E-state index contributed by atoms with van der Waals surface area (Å²) < 4.78 is 0. The average molecular weight is 271 g/mol. The number of carbonyl (C=O) groups is 1. The van der Waals surface area contributed by atoms with Crippen molar-refractivity contribution in [2.75, 3.05) is 0 Å². The van der Waals surface area contributed by atoms with E-state index in [4.69, 9.17) is 11.6 Å². The SMILES string of the molecule is CCCC(C(=O)O)C(O)(CC)c1ccc(Cl)cc1. The van der Waals surface area contributed by atoms with Gasteiger partial charge in [0.2, 0.25) is 0 Å². The first-order valence-corrected chi connectivity index (χ1v) is 6.54.